The molecule has 3 aromatic rings. The van der Waals surface area contributed by atoms with E-state index in [1.54, 1.807) is 12.3 Å². The molecule has 0 aliphatic carbocycles. The van der Waals surface area contributed by atoms with Crippen LogP contribution in [-0.2, 0) is 24.2 Å². The Labute approximate surface area is 144 Å². The van der Waals surface area contributed by atoms with Crippen molar-refractivity contribution in [1.29, 1.82) is 0 Å². The molecule has 0 radical (unpaired) electrons. The van der Waals surface area contributed by atoms with Crippen LogP contribution < -0.4 is 0 Å². The van der Waals surface area contributed by atoms with Crippen LogP contribution in [0.5, 0.6) is 0 Å². The first-order chi connectivity index (χ1) is 12.2. The first-order valence-corrected chi connectivity index (χ1v) is 8.33. The van der Waals surface area contributed by atoms with Crippen LogP contribution in [0.25, 0.3) is 11.3 Å². The minimum Gasteiger partial charge on any atom is -0.469 e. The first-order valence-electron chi connectivity index (χ1n) is 8.33. The molecular formula is C19H18FN3O2. The van der Waals surface area contributed by atoms with Crippen molar-refractivity contribution in [3.63, 3.8) is 0 Å². The van der Waals surface area contributed by atoms with Gasteiger partial charge in [-0.3, -0.25) is 9.89 Å². The number of nitrogens with one attached hydrogen (secondary N) is 1. The summed E-state index contributed by atoms with van der Waals surface area (Å²) in [4.78, 5) is 14.4. The SMILES string of the molecule is O=C(CCc1ccco1)N1CCc2[nH]nc(-c3cccc(F)c3)c2C1. The minimum atomic E-state index is -0.295. The van der Waals surface area contributed by atoms with E-state index in [2.05, 4.69) is 10.2 Å². The van der Waals surface area contributed by atoms with Crippen LogP contribution in [0.3, 0.4) is 0 Å². The third-order valence-electron chi connectivity index (χ3n) is 4.55. The van der Waals surface area contributed by atoms with Crippen LogP contribution in [0.2, 0.25) is 0 Å². The van der Waals surface area contributed by atoms with Crippen molar-refractivity contribution in [3.8, 4) is 11.3 Å². The number of amides is 1. The Kier molecular flexibility index (Phi) is 4.09. The van der Waals surface area contributed by atoms with Crippen molar-refractivity contribution in [2.45, 2.75) is 25.8 Å². The zero-order chi connectivity index (χ0) is 17.2. The number of H-pyrrole nitrogens is 1. The second-order valence-electron chi connectivity index (χ2n) is 6.18. The molecule has 3 heterocycles. The zero-order valence-electron chi connectivity index (χ0n) is 13.7. The number of furan rings is 1. The lowest BCUT2D eigenvalue weighted by molar-refractivity contribution is -0.132. The van der Waals surface area contributed by atoms with E-state index in [4.69, 9.17) is 4.42 Å². The molecule has 1 amide bonds. The highest BCUT2D eigenvalue weighted by atomic mass is 19.1. The van der Waals surface area contributed by atoms with E-state index in [-0.39, 0.29) is 11.7 Å². The molecule has 0 atom stereocenters. The largest absolute Gasteiger partial charge is 0.469 e. The normalized spacial score (nSPS) is 13.7. The summed E-state index contributed by atoms with van der Waals surface area (Å²) in [5.74, 6) is 0.611. The molecule has 1 aliphatic rings. The van der Waals surface area contributed by atoms with E-state index >= 15 is 0 Å². The number of fused-ring (bicyclic) bond motifs is 1. The molecule has 4 rings (SSSR count). The standard InChI is InChI=1S/C19H18FN3O2/c20-14-4-1-3-13(11-14)19-16-12-23(9-8-17(16)21-22-19)18(24)7-6-15-5-2-10-25-15/h1-5,10-11H,6-9,12H2,(H,21,22). The van der Waals surface area contributed by atoms with Crippen molar-refractivity contribution >= 4 is 5.91 Å². The van der Waals surface area contributed by atoms with E-state index in [1.165, 1.54) is 12.1 Å². The van der Waals surface area contributed by atoms with Gasteiger partial charge in [0, 0.05) is 49.2 Å². The number of halogens is 1. The molecule has 2 aromatic heterocycles. The Morgan fingerprint density at radius 1 is 1.32 bits per heavy atom. The van der Waals surface area contributed by atoms with Gasteiger partial charge in [0.2, 0.25) is 5.91 Å². The Hall–Kier alpha value is -2.89. The molecule has 0 bridgehead atoms. The molecule has 25 heavy (non-hydrogen) atoms. The number of carbonyl (C=O) groups is 1. The summed E-state index contributed by atoms with van der Waals surface area (Å²) in [5, 5.41) is 7.38. The summed E-state index contributed by atoms with van der Waals surface area (Å²) in [7, 11) is 0. The highest BCUT2D eigenvalue weighted by molar-refractivity contribution is 5.77. The van der Waals surface area contributed by atoms with Gasteiger partial charge < -0.3 is 9.32 Å². The fourth-order valence-corrected chi connectivity index (χ4v) is 3.23. The van der Waals surface area contributed by atoms with Crippen LogP contribution in [0.4, 0.5) is 4.39 Å². The highest BCUT2D eigenvalue weighted by Crippen LogP contribution is 2.29. The topological polar surface area (TPSA) is 62.1 Å². The molecule has 5 nitrogen and oxygen atoms in total. The summed E-state index contributed by atoms with van der Waals surface area (Å²) in [6, 6.07) is 10.1. The van der Waals surface area contributed by atoms with Crippen molar-refractivity contribution in [2.75, 3.05) is 6.54 Å². The fraction of sp³-hybridized carbons (Fsp3) is 0.263. The summed E-state index contributed by atoms with van der Waals surface area (Å²) < 4.78 is 18.8. The Bertz CT molecular complexity index is 886. The molecule has 6 heteroatoms. The lowest BCUT2D eigenvalue weighted by Gasteiger charge is -2.27. The highest BCUT2D eigenvalue weighted by Gasteiger charge is 2.25. The second-order valence-corrected chi connectivity index (χ2v) is 6.18. The molecular weight excluding hydrogens is 321 g/mol. The van der Waals surface area contributed by atoms with E-state index in [9.17, 15) is 9.18 Å². The minimum absolute atomic E-state index is 0.0912. The maximum absolute atomic E-state index is 13.5. The van der Waals surface area contributed by atoms with Crippen LogP contribution in [0, 0.1) is 5.82 Å². The summed E-state index contributed by atoms with van der Waals surface area (Å²) in [6.45, 7) is 1.16. The molecule has 0 fully saturated rings. The van der Waals surface area contributed by atoms with Crippen LogP contribution in [0.1, 0.15) is 23.4 Å². The van der Waals surface area contributed by atoms with Crippen molar-refractivity contribution < 1.29 is 13.6 Å². The molecule has 128 valence electrons. The average Bonchev–Trinajstić information content (AvgIpc) is 3.28. The number of aryl methyl sites for hydroxylation is 1. The smallest absolute Gasteiger partial charge is 0.223 e. The Balaban J connectivity index is 1.50. The van der Waals surface area contributed by atoms with E-state index < -0.39 is 0 Å². The molecule has 1 aliphatic heterocycles. The lowest BCUT2D eigenvalue weighted by atomic mass is 10.0. The number of carbonyl (C=O) groups excluding carboxylic acids is 1. The third-order valence-corrected chi connectivity index (χ3v) is 4.55. The van der Waals surface area contributed by atoms with Gasteiger partial charge in [0.05, 0.1) is 12.0 Å². The van der Waals surface area contributed by atoms with Crippen LogP contribution in [0.15, 0.2) is 47.1 Å². The molecule has 0 spiro atoms. The quantitative estimate of drug-likeness (QED) is 0.793. The van der Waals surface area contributed by atoms with Gasteiger partial charge in [0.25, 0.3) is 0 Å². The van der Waals surface area contributed by atoms with Gasteiger partial charge in [-0.1, -0.05) is 12.1 Å². The third kappa shape index (κ3) is 3.20. The van der Waals surface area contributed by atoms with Crippen LogP contribution >= 0.6 is 0 Å². The number of aromatic amines is 1. The molecule has 0 saturated heterocycles. The molecule has 1 aromatic carbocycles. The average molecular weight is 339 g/mol. The van der Waals surface area contributed by atoms with E-state index in [1.807, 2.05) is 23.1 Å². The number of hydrogen-bond acceptors (Lipinski definition) is 3. The predicted octanol–water partition coefficient (Wildman–Crippen LogP) is 3.33. The summed E-state index contributed by atoms with van der Waals surface area (Å²) >= 11 is 0. The predicted molar refractivity (Wildman–Crippen MR) is 90.1 cm³/mol. The molecule has 0 saturated carbocycles. The van der Waals surface area contributed by atoms with Gasteiger partial charge in [0.15, 0.2) is 0 Å². The maximum atomic E-state index is 13.5. The Morgan fingerprint density at radius 2 is 2.24 bits per heavy atom. The van der Waals surface area contributed by atoms with Gasteiger partial charge in [-0.25, -0.2) is 4.39 Å². The lowest BCUT2D eigenvalue weighted by Crippen LogP contribution is -2.36. The first kappa shape index (κ1) is 15.6. The van der Waals surface area contributed by atoms with Gasteiger partial charge in [-0.2, -0.15) is 5.10 Å². The fourth-order valence-electron chi connectivity index (χ4n) is 3.23. The number of benzene rings is 1. The van der Waals surface area contributed by atoms with Crippen molar-refractivity contribution in [1.82, 2.24) is 15.1 Å². The molecule has 0 unspecified atom stereocenters. The summed E-state index contributed by atoms with van der Waals surface area (Å²) in [5.41, 5.74) is 3.44. The van der Waals surface area contributed by atoms with E-state index in [0.717, 1.165) is 34.7 Å². The van der Waals surface area contributed by atoms with Gasteiger partial charge in [0.1, 0.15) is 11.6 Å². The summed E-state index contributed by atoms with van der Waals surface area (Å²) in [6.07, 6.45) is 3.35. The zero-order valence-corrected chi connectivity index (χ0v) is 13.7. The van der Waals surface area contributed by atoms with Gasteiger partial charge >= 0.3 is 0 Å². The van der Waals surface area contributed by atoms with Gasteiger partial charge in [-0.15, -0.1) is 0 Å². The number of nitrogens with zero attached hydrogens (tertiary/aromatic N) is 2. The number of hydrogen-bond donors (Lipinski definition) is 1. The Morgan fingerprint density at radius 3 is 3.04 bits per heavy atom. The monoisotopic (exact) mass is 339 g/mol. The number of rotatable bonds is 4. The van der Waals surface area contributed by atoms with Crippen molar-refractivity contribution in [2.24, 2.45) is 0 Å². The molecule has 1 N–H and O–H groups in total. The van der Waals surface area contributed by atoms with Crippen LogP contribution in [-0.4, -0.2) is 27.5 Å². The number of aromatic nitrogens is 2. The van der Waals surface area contributed by atoms with Crippen molar-refractivity contribution in [3.05, 3.63) is 65.5 Å². The maximum Gasteiger partial charge on any atom is 0.223 e. The second kappa shape index (κ2) is 6.55. The van der Waals surface area contributed by atoms with Gasteiger partial charge in [-0.05, 0) is 24.3 Å². The van der Waals surface area contributed by atoms with E-state index in [0.29, 0.717) is 25.9 Å².